The lowest BCUT2D eigenvalue weighted by Gasteiger charge is -2.06. The summed E-state index contributed by atoms with van der Waals surface area (Å²) in [6.07, 6.45) is 0.491. The predicted molar refractivity (Wildman–Crippen MR) is 119 cm³/mol. The van der Waals surface area contributed by atoms with Crippen molar-refractivity contribution in [3.05, 3.63) is 47.5 Å². The lowest BCUT2D eigenvalue weighted by atomic mass is 10.1. The van der Waals surface area contributed by atoms with E-state index in [1.54, 1.807) is 24.3 Å². The van der Waals surface area contributed by atoms with Crippen LogP contribution in [-0.2, 0) is 9.59 Å². The molecule has 2 N–H and O–H groups in total. The topological polar surface area (TPSA) is 71.1 Å². The number of carbonyl (C=O) groups excluding carboxylic acids is 2. The van der Waals surface area contributed by atoms with Crippen LogP contribution in [0.5, 0.6) is 0 Å². The number of hydrogen-bond donors (Lipinski definition) is 2. The monoisotopic (exact) mass is 433 g/mol. The fourth-order valence-corrected chi connectivity index (χ4v) is 4.52. The molecule has 0 fully saturated rings. The summed E-state index contributed by atoms with van der Waals surface area (Å²) >= 11 is 8.73. The molecule has 0 saturated carbocycles. The highest BCUT2D eigenvalue weighted by atomic mass is 35.5. The van der Waals surface area contributed by atoms with E-state index in [0.29, 0.717) is 23.0 Å². The predicted octanol–water partition coefficient (Wildman–Crippen LogP) is 5.67. The number of nitrogens with one attached hydrogen (secondary N) is 2. The maximum absolute atomic E-state index is 12.1. The van der Waals surface area contributed by atoms with Gasteiger partial charge >= 0.3 is 0 Å². The zero-order valence-corrected chi connectivity index (χ0v) is 17.9. The van der Waals surface area contributed by atoms with Crippen LogP contribution in [0.1, 0.15) is 20.3 Å². The molecular weight excluding hydrogens is 414 g/mol. The Morgan fingerprint density at radius 1 is 1.07 bits per heavy atom. The molecule has 1 heterocycles. The van der Waals surface area contributed by atoms with Crippen LogP contribution in [0.3, 0.4) is 0 Å². The van der Waals surface area contributed by atoms with Crippen LogP contribution in [0, 0.1) is 5.92 Å². The average molecular weight is 434 g/mol. The summed E-state index contributed by atoms with van der Waals surface area (Å²) < 4.78 is 1.79. The average Bonchev–Trinajstić information content (AvgIpc) is 3.03. The summed E-state index contributed by atoms with van der Waals surface area (Å²) in [5.74, 6) is 0.482. The van der Waals surface area contributed by atoms with Crippen LogP contribution in [0.4, 0.5) is 11.4 Å². The van der Waals surface area contributed by atoms with E-state index < -0.39 is 0 Å². The van der Waals surface area contributed by atoms with Crippen molar-refractivity contribution < 1.29 is 9.59 Å². The molecule has 0 saturated heterocycles. The Balaban J connectivity index is 1.58. The third kappa shape index (κ3) is 5.95. The summed E-state index contributed by atoms with van der Waals surface area (Å²) in [5.41, 5.74) is 2.33. The van der Waals surface area contributed by atoms with Crippen molar-refractivity contribution in [3.8, 4) is 0 Å². The first-order valence-electron chi connectivity index (χ1n) is 8.77. The van der Waals surface area contributed by atoms with Gasteiger partial charge < -0.3 is 10.6 Å². The van der Waals surface area contributed by atoms with E-state index in [4.69, 9.17) is 11.6 Å². The maximum Gasteiger partial charge on any atom is 0.234 e. The van der Waals surface area contributed by atoms with E-state index in [1.165, 1.54) is 23.1 Å². The molecule has 0 atom stereocenters. The van der Waals surface area contributed by atoms with Gasteiger partial charge in [-0.2, -0.15) is 0 Å². The molecule has 3 rings (SSSR count). The highest BCUT2D eigenvalue weighted by molar-refractivity contribution is 8.01. The molecule has 0 radical (unpaired) electrons. The van der Waals surface area contributed by atoms with Gasteiger partial charge in [-0.1, -0.05) is 37.2 Å². The van der Waals surface area contributed by atoms with E-state index in [0.717, 1.165) is 20.2 Å². The van der Waals surface area contributed by atoms with Crippen molar-refractivity contribution in [1.29, 1.82) is 0 Å². The van der Waals surface area contributed by atoms with Gasteiger partial charge in [-0.3, -0.25) is 9.59 Å². The number of rotatable bonds is 7. The van der Waals surface area contributed by atoms with Crippen LogP contribution >= 0.6 is 34.7 Å². The van der Waals surface area contributed by atoms with Crippen molar-refractivity contribution in [3.63, 3.8) is 0 Å². The van der Waals surface area contributed by atoms with Crippen molar-refractivity contribution >= 4 is 68.1 Å². The first kappa shape index (κ1) is 20.6. The molecular formula is C20H20ClN3O2S2. The van der Waals surface area contributed by atoms with Gasteiger partial charge in [-0.15, -0.1) is 11.3 Å². The van der Waals surface area contributed by atoms with Gasteiger partial charge in [0.1, 0.15) is 0 Å². The Kier molecular flexibility index (Phi) is 6.93. The Hall–Kier alpha value is -2.09. The second-order valence-electron chi connectivity index (χ2n) is 6.65. The second kappa shape index (κ2) is 9.41. The van der Waals surface area contributed by atoms with Gasteiger partial charge in [0.25, 0.3) is 0 Å². The number of benzene rings is 2. The number of amides is 2. The Bertz CT molecular complexity index is 987. The van der Waals surface area contributed by atoms with Gasteiger partial charge in [0.2, 0.25) is 11.8 Å². The molecule has 146 valence electrons. The van der Waals surface area contributed by atoms with Gasteiger partial charge in [0.05, 0.1) is 16.0 Å². The Morgan fingerprint density at radius 2 is 1.75 bits per heavy atom. The summed E-state index contributed by atoms with van der Waals surface area (Å²) in [6, 6.07) is 12.6. The molecule has 1 aromatic heterocycles. The molecule has 28 heavy (non-hydrogen) atoms. The normalized spacial score (nSPS) is 11.0. The molecule has 0 aliphatic heterocycles. The van der Waals surface area contributed by atoms with E-state index in [2.05, 4.69) is 15.6 Å². The van der Waals surface area contributed by atoms with E-state index in [-0.39, 0.29) is 17.6 Å². The highest BCUT2D eigenvalue weighted by Crippen LogP contribution is 2.31. The van der Waals surface area contributed by atoms with E-state index >= 15 is 0 Å². The Labute approximate surface area is 176 Å². The molecule has 3 aromatic rings. The van der Waals surface area contributed by atoms with Crippen molar-refractivity contribution in [1.82, 2.24) is 4.98 Å². The van der Waals surface area contributed by atoms with Crippen LogP contribution in [0.25, 0.3) is 10.2 Å². The maximum atomic E-state index is 12.1. The molecule has 0 bridgehead atoms. The van der Waals surface area contributed by atoms with Crippen LogP contribution in [0.15, 0.2) is 46.8 Å². The van der Waals surface area contributed by atoms with Gasteiger partial charge in [0.15, 0.2) is 4.34 Å². The zero-order chi connectivity index (χ0) is 20.1. The van der Waals surface area contributed by atoms with Gasteiger partial charge in [-0.05, 0) is 48.4 Å². The molecule has 0 unspecified atom stereocenters. The third-order valence-electron chi connectivity index (χ3n) is 3.70. The fourth-order valence-electron chi connectivity index (χ4n) is 2.48. The quantitative estimate of drug-likeness (QED) is 0.471. The van der Waals surface area contributed by atoms with Crippen LogP contribution in [-0.4, -0.2) is 22.6 Å². The molecule has 8 heteroatoms. The number of fused-ring (bicyclic) bond motifs is 1. The lowest BCUT2D eigenvalue weighted by Crippen LogP contribution is -2.13. The largest absolute Gasteiger partial charge is 0.326 e. The number of anilines is 2. The molecule has 0 aliphatic carbocycles. The zero-order valence-electron chi connectivity index (χ0n) is 15.5. The van der Waals surface area contributed by atoms with Gasteiger partial charge in [-0.25, -0.2) is 4.98 Å². The molecule has 2 amide bonds. The second-order valence-corrected chi connectivity index (χ2v) is 9.34. The lowest BCUT2D eigenvalue weighted by molar-refractivity contribution is -0.117. The molecule has 0 aliphatic rings. The minimum Gasteiger partial charge on any atom is -0.326 e. The fraction of sp³-hybridized carbons (Fsp3) is 0.250. The Morgan fingerprint density at radius 3 is 2.46 bits per heavy atom. The first-order chi connectivity index (χ1) is 13.4. The minimum absolute atomic E-state index is 0.00679. The number of hydrogen-bond acceptors (Lipinski definition) is 5. The standard InChI is InChI=1S/C20H20ClN3O2S2/c1-12(2)9-18(25)23-15-7-8-16-17(10-15)28-20(24-16)27-11-19(26)22-14-5-3-13(21)4-6-14/h3-8,10,12H,9,11H2,1-2H3,(H,22,26)(H,23,25). The van der Waals surface area contributed by atoms with Crippen molar-refractivity contribution in [2.24, 2.45) is 5.92 Å². The van der Waals surface area contributed by atoms with Crippen molar-refractivity contribution in [2.75, 3.05) is 16.4 Å². The number of halogens is 1. The van der Waals surface area contributed by atoms with Gasteiger partial charge in [0, 0.05) is 22.8 Å². The third-order valence-corrected chi connectivity index (χ3v) is 6.11. The number of aromatic nitrogens is 1. The number of nitrogens with zero attached hydrogens (tertiary/aromatic N) is 1. The summed E-state index contributed by atoms with van der Waals surface area (Å²) in [5, 5.41) is 6.37. The first-order valence-corrected chi connectivity index (χ1v) is 11.0. The van der Waals surface area contributed by atoms with E-state index in [9.17, 15) is 9.59 Å². The minimum atomic E-state index is -0.104. The number of carbonyl (C=O) groups is 2. The van der Waals surface area contributed by atoms with Crippen molar-refractivity contribution in [2.45, 2.75) is 24.6 Å². The molecule has 2 aromatic carbocycles. The van der Waals surface area contributed by atoms with E-state index in [1.807, 2.05) is 32.0 Å². The highest BCUT2D eigenvalue weighted by Gasteiger charge is 2.10. The van der Waals surface area contributed by atoms with Crippen LogP contribution < -0.4 is 10.6 Å². The molecule has 5 nitrogen and oxygen atoms in total. The summed E-state index contributed by atoms with van der Waals surface area (Å²) in [7, 11) is 0. The van der Waals surface area contributed by atoms with Crippen LogP contribution in [0.2, 0.25) is 5.02 Å². The smallest absolute Gasteiger partial charge is 0.234 e. The summed E-state index contributed by atoms with van der Waals surface area (Å²) in [6.45, 7) is 4.02. The molecule has 0 spiro atoms. The number of thioether (sulfide) groups is 1. The SMILES string of the molecule is CC(C)CC(=O)Nc1ccc2nc(SCC(=O)Nc3ccc(Cl)cc3)sc2c1. The summed E-state index contributed by atoms with van der Waals surface area (Å²) in [4.78, 5) is 28.6. The number of thiazole rings is 1.